The molecular weight excluding hydrogens is 248 g/mol. The fourth-order valence-corrected chi connectivity index (χ4v) is 2.69. The van der Waals surface area contributed by atoms with Crippen molar-refractivity contribution in [3.63, 3.8) is 0 Å². The number of pyridine rings is 1. The van der Waals surface area contributed by atoms with Crippen LogP contribution >= 0.6 is 0 Å². The molecule has 0 radical (unpaired) electrons. The van der Waals surface area contributed by atoms with Crippen molar-refractivity contribution in [3.05, 3.63) is 24.0 Å². The quantitative estimate of drug-likeness (QED) is 0.862. The van der Waals surface area contributed by atoms with E-state index in [0.717, 1.165) is 19.6 Å². The van der Waals surface area contributed by atoms with Crippen molar-refractivity contribution in [1.29, 1.82) is 0 Å². The van der Waals surface area contributed by atoms with E-state index in [-0.39, 0.29) is 0 Å². The second kappa shape index (κ2) is 7.60. The van der Waals surface area contributed by atoms with Gasteiger partial charge in [-0.15, -0.1) is 0 Å². The van der Waals surface area contributed by atoms with Gasteiger partial charge in [0.1, 0.15) is 0 Å². The van der Waals surface area contributed by atoms with E-state index in [1.807, 2.05) is 12.4 Å². The van der Waals surface area contributed by atoms with Crippen LogP contribution in [0.3, 0.4) is 0 Å². The molecule has 4 heteroatoms. The largest absolute Gasteiger partial charge is 0.367 e. The van der Waals surface area contributed by atoms with Crippen LogP contribution in [0.4, 0.5) is 5.69 Å². The van der Waals surface area contributed by atoms with E-state index < -0.39 is 0 Å². The van der Waals surface area contributed by atoms with Crippen molar-refractivity contribution in [2.24, 2.45) is 0 Å². The summed E-state index contributed by atoms with van der Waals surface area (Å²) >= 11 is 0. The second-order valence-electron chi connectivity index (χ2n) is 5.87. The summed E-state index contributed by atoms with van der Waals surface area (Å²) in [5, 5.41) is 3.51. The van der Waals surface area contributed by atoms with E-state index >= 15 is 0 Å². The molecular formula is C16H28N4. The standard InChI is InChI=1S/C16H28N4/c1-4-7-19-8-10-20(11-9-19)16-13-17-6-5-15(16)12-18-14(2)3/h5-6,13-14,18H,4,7-12H2,1-3H3. The average Bonchev–Trinajstić information content (AvgIpc) is 2.47. The molecule has 0 bridgehead atoms. The molecule has 0 spiro atoms. The number of hydrogen-bond acceptors (Lipinski definition) is 4. The van der Waals surface area contributed by atoms with Crippen LogP contribution in [0.2, 0.25) is 0 Å². The number of hydrogen-bond donors (Lipinski definition) is 1. The van der Waals surface area contributed by atoms with Crippen LogP contribution < -0.4 is 10.2 Å². The first-order valence-corrected chi connectivity index (χ1v) is 7.84. The van der Waals surface area contributed by atoms with Crippen molar-refractivity contribution in [2.45, 2.75) is 39.8 Å². The molecule has 1 saturated heterocycles. The highest BCUT2D eigenvalue weighted by Gasteiger charge is 2.18. The SMILES string of the molecule is CCCN1CCN(c2cnccc2CNC(C)C)CC1. The molecule has 0 unspecified atom stereocenters. The topological polar surface area (TPSA) is 31.4 Å². The van der Waals surface area contributed by atoms with Crippen LogP contribution in [0.1, 0.15) is 32.8 Å². The third-order valence-electron chi connectivity index (χ3n) is 3.84. The maximum Gasteiger partial charge on any atom is 0.0599 e. The molecule has 0 aromatic carbocycles. The zero-order valence-corrected chi connectivity index (χ0v) is 13.1. The lowest BCUT2D eigenvalue weighted by atomic mass is 10.1. The molecule has 0 aliphatic carbocycles. The first kappa shape index (κ1) is 15.3. The van der Waals surface area contributed by atoms with Crippen LogP contribution in [0.15, 0.2) is 18.5 Å². The van der Waals surface area contributed by atoms with Crippen LogP contribution in [0.5, 0.6) is 0 Å². The average molecular weight is 276 g/mol. The monoisotopic (exact) mass is 276 g/mol. The highest BCUT2D eigenvalue weighted by molar-refractivity contribution is 5.52. The lowest BCUT2D eigenvalue weighted by Crippen LogP contribution is -2.47. The number of anilines is 1. The predicted molar refractivity (Wildman–Crippen MR) is 85.2 cm³/mol. The van der Waals surface area contributed by atoms with Gasteiger partial charge in [0.25, 0.3) is 0 Å². The molecule has 2 rings (SSSR count). The van der Waals surface area contributed by atoms with Crippen LogP contribution in [-0.2, 0) is 6.54 Å². The minimum atomic E-state index is 0.511. The molecule has 1 aliphatic heterocycles. The molecule has 0 amide bonds. The van der Waals surface area contributed by atoms with E-state index in [4.69, 9.17) is 0 Å². The lowest BCUT2D eigenvalue weighted by Gasteiger charge is -2.36. The van der Waals surface area contributed by atoms with Crippen LogP contribution in [-0.4, -0.2) is 48.6 Å². The Bertz CT molecular complexity index is 397. The lowest BCUT2D eigenvalue weighted by molar-refractivity contribution is 0.258. The molecule has 0 atom stereocenters. The Hall–Kier alpha value is -1.13. The van der Waals surface area contributed by atoms with Gasteiger partial charge in [-0.05, 0) is 24.6 Å². The summed E-state index contributed by atoms with van der Waals surface area (Å²) in [6, 6.07) is 2.65. The molecule has 1 fully saturated rings. The molecule has 1 aliphatic rings. The molecule has 20 heavy (non-hydrogen) atoms. The minimum absolute atomic E-state index is 0.511. The number of rotatable bonds is 6. The van der Waals surface area contributed by atoms with Gasteiger partial charge in [0.2, 0.25) is 0 Å². The number of aromatic nitrogens is 1. The Morgan fingerprint density at radius 1 is 1.25 bits per heavy atom. The van der Waals surface area contributed by atoms with E-state index in [1.165, 1.54) is 37.3 Å². The zero-order chi connectivity index (χ0) is 14.4. The summed E-state index contributed by atoms with van der Waals surface area (Å²) < 4.78 is 0. The molecule has 1 aromatic rings. The van der Waals surface area contributed by atoms with Crippen LogP contribution in [0.25, 0.3) is 0 Å². The third-order valence-corrected chi connectivity index (χ3v) is 3.84. The summed E-state index contributed by atoms with van der Waals surface area (Å²) in [6.07, 6.45) is 5.16. The highest BCUT2D eigenvalue weighted by Crippen LogP contribution is 2.20. The van der Waals surface area contributed by atoms with Crippen LogP contribution in [0, 0.1) is 0 Å². The Balaban J connectivity index is 1.98. The smallest absolute Gasteiger partial charge is 0.0599 e. The second-order valence-corrected chi connectivity index (χ2v) is 5.87. The fraction of sp³-hybridized carbons (Fsp3) is 0.688. The summed E-state index contributed by atoms with van der Waals surface area (Å²) in [4.78, 5) is 9.36. The predicted octanol–water partition coefficient (Wildman–Crippen LogP) is 2.11. The van der Waals surface area contributed by atoms with E-state index in [9.17, 15) is 0 Å². The van der Waals surface area contributed by atoms with Gasteiger partial charge in [0.15, 0.2) is 0 Å². The minimum Gasteiger partial charge on any atom is -0.367 e. The van der Waals surface area contributed by atoms with Crippen molar-refractivity contribution in [3.8, 4) is 0 Å². The van der Waals surface area contributed by atoms with Crippen molar-refractivity contribution in [2.75, 3.05) is 37.6 Å². The summed E-state index contributed by atoms with van der Waals surface area (Å²) in [6.45, 7) is 13.3. The van der Waals surface area contributed by atoms with Gasteiger partial charge in [-0.3, -0.25) is 9.88 Å². The Morgan fingerprint density at radius 2 is 2.00 bits per heavy atom. The highest BCUT2D eigenvalue weighted by atomic mass is 15.3. The first-order chi connectivity index (χ1) is 9.70. The van der Waals surface area contributed by atoms with E-state index in [0.29, 0.717) is 6.04 Å². The maximum atomic E-state index is 4.32. The number of piperazine rings is 1. The summed E-state index contributed by atoms with van der Waals surface area (Å²) in [5.74, 6) is 0. The zero-order valence-electron chi connectivity index (χ0n) is 13.1. The van der Waals surface area contributed by atoms with E-state index in [2.05, 4.69) is 46.9 Å². The molecule has 112 valence electrons. The van der Waals surface area contributed by atoms with Crippen molar-refractivity contribution < 1.29 is 0 Å². The first-order valence-electron chi connectivity index (χ1n) is 7.84. The molecule has 0 saturated carbocycles. The molecule has 4 nitrogen and oxygen atoms in total. The van der Waals surface area contributed by atoms with Gasteiger partial charge >= 0.3 is 0 Å². The van der Waals surface area contributed by atoms with Gasteiger partial charge in [-0.25, -0.2) is 0 Å². The molecule has 1 N–H and O–H groups in total. The van der Waals surface area contributed by atoms with Crippen molar-refractivity contribution >= 4 is 5.69 Å². The van der Waals surface area contributed by atoms with Gasteiger partial charge in [-0.1, -0.05) is 20.8 Å². The fourth-order valence-electron chi connectivity index (χ4n) is 2.69. The Morgan fingerprint density at radius 3 is 2.65 bits per heavy atom. The van der Waals surface area contributed by atoms with Gasteiger partial charge in [0, 0.05) is 45.0 Å². The molecule has 2 heterocycles. The number of nitrogens with one attached hydrogen (secondary N) is 1. The van der Waals surface area contributed by atoms with Gasteiger partial charge < -0.3 is 10.2 Å². The maximum absolute atomic E-state index is 4.32. The summed E-state index contributed by atoms with van der Waals surface area (Å²) in [5.41, 5.74) is 2.66. The molecule has 1 aromatic heterocycles. The number of nitrogens with zero attached hydrogens (tertiary/aromatic N) is 3. The van der Waals surface area contributed by atoms with Crippen molar-refractivity contribution in [1.82, 2.24) is 15.2 Å². The van der Waals surface area contributed by atoms with Gasteiger partial charge in [-0.2, -0.15) is 0 Å². The Labute approximate surface area is 123 Å². The normalized spacial score (nSPS) is 16.9. The third kappa shape index (κ3) is 4.18. The van der Waals surface area contributed by atoms with Gasteiger partial charge in [0.05, 0.1) is 11.9 Å². The van der Waals surface area contributed by atoms with E-state index in [1.54, 1.807) is 0 Å². The summed E-state index contributed by atoms with van der Waals surface area (Å²) in [7, 11) is 0. The Kier molecular flexibility index (Phi) is 5.80.